The van der Waals surface area contributed by atoms with E-state index in [0.717, 1.165) is 11.3 Å². The first-order chi connectivity index (χ1) is 11.8. The molecule has 9 heteroatoms. The van der Waals surface area contributed by atoms with E-state index in [-0.39, 0.29) is 26.9 Å². The zero-order valence-electron chi connectivity index (χ0n) is 13.7. The summed E-state index contributed by atoms with van der Waals surface area (Å²) >= 11 is 6.19. The van der Waals surface area contributed by atoms with Crippen LogP contribution < -0.4 is 10.0 Å². The molecule has 0 fully saturated rings. The summed E-state index contributed by atoms with van der Waals surface area (Å²) in [5.41, 5.74) is 0.619. The standard InChI is InChI=1S/C16H19N3O3S3/c1-11(2)10-14(20)18-16(23)17-12-6-3-4-7-13(12)19-25(21,22)15-8-5-9-24-15/h3-9,11,19H,10H2,1-2H3,(H2,17,18,20,23)/p-1. The quantitative estimate of drug-likeness (QED) is 0.446. The number of rotatable bonds is 6. The van der Waals surface area contributed by atoms with Crippen LogP contribution in [0.2, 0.25) is 0 Å². The number of amidine groups is 1. The van der Waals surface area contributed by atoms with E-state index >= 15 is 0 Å². The third-order valence-electron chi connectivity index (χ3n) is 2.97. The lowest BCUT2D eigenvalue weighted by Crippen LogP contribution is -2.29. The molecule has 6 nitrogen and oxygen atoms in total. The van der Waals surface area contributed by atoms with Gasteiger partial charge in [-0.25, -0.2) is 8.42 Å². The molecule has 0 bridgehead atoms. The summed E-state index contributed by atoms with van der Waals surface area (Å²) in [6.07, 6.45) is 0.336. The maximum Gasteiger partial charge on any atom is 0.271 e. The summed E-state index contributed by atoms with van der Waals surface area (Å²) in [6.45, 7) is 3.85. The van der Waals surface area contributed by atoms with E-state index in [1.165, 1.54) is 6.07 Å². The number of carbonyl (C=O) groups excluding carboxylic acids is 1. The molecule has 1 aromatic carbocycles. The Morgan fingerprint density at radius 2 is 1.96 bits per heavy atom. The van der Waals surface area contributed by atoms with Gasteiger partial charge in [-0.1, -0.05) is 32.0 Å². The van der Waals surface area contributed by atoms with Crippen LogP contribution in [0.5, 0.6) is 0 Å². The van der Waals surface area contributed by atoms with Crippen molar-refractivity contribution in [1.82, 2.24) is 5.32 Å². The van der Waals surface area contributed by atoms with Crippen molar-refractivity contribution >= 4 is 56.4 Å². The monoisotopic (exact) mass is 396 g/mol. The van der Waals surface area contributed by atoms with Crippen LogP contribution in [0.25, 0.3) is 0 Å². The third-order valence-corrected chi connectivity index (χ3v) is 5.93. The minimum atomic E-state index is -3.69. The highest BCUT2D eigenvalue weighted by molar-refractivity contribution is 7.94. The fourth-order valence-electron chi connectivity index (χ4n) is 1.95. The average Bonchev–Trinajstić information content (AvgIpc) is 3.03. The smallest absolute Gasteiger partial charge is 0.271 e. The summed E-state index contributed by atoms with van der Waals surface area (Å²) in [4.78, 5) is 15.9. The second-order valence-corrected chi connectivity index (χ2v) is 8.86. The van der Waals surface area contributed by atoms with E-state index in [4.69, 9.17) is 12.6 Å². The van der Waals surface area contributed by atoms with E-state index < -0.39 is 10.0 Å². The molecule has 0 saturated carbocycles. The molecule has 25 heavy (non-hydrogen) atoms. The van der Waals surface area contributed by atoms with Gasteiger partial charge in [-0.05, 0) is 34.7 Å². The lowest BCUT2D eigenvalue weighted by atomic mass is 10.1. The molecule has 0 aliphatic heterocycles. The molecule has 2 aromatic rings. The van der Waals surface area contributed by atoms with Crippen molar-refractivity contribution in [2.75, 3.05) is 4.72 Å². The molecule has 0 unspecified atom stereocenters. The SMILES string of the molecule is CC(C)CC(=O)NC([S-])=Nc1ccccc1NS(=O)(=O)c1cccs1. The van der Waals surface area contributed by atoms with Gasteiger partial charge in [-0.15, -0.1) is 11.3 Å². The normalized spacial score (nSPS) is 12.2. The second-order valence-electron chi connectivity index (χ2n) is 5.62. The highest BCUT2D eigenvalue weighted by Gasteiger charge is 2.16. The Balaban J connectivity index is 2.20. The highest BCUT2D eigenvalue weighted by atomic mass is 32.2. The minimum Gasteiger partial charge on any atom is -0.742 e. The average molecular weight is 397 g/mol. The Hall–Kier alpha value is -1.97. The van der Waals surface area contributed by atoms with Gasteiger partial charge in [-0.3, -0.25) is 14.5 Å². The number of hydrogen-bond acceptors (Lipinski definition) is 6. The number of hydrogen-bond donors (Lipinski definition) is 2. The topological polar surface area (TPSA) is 87.6 Å². The molecule has 0 radical (unpaired) electrons. The van der Waals surface area contributed by atoms with Crippen LogP contribution in [0.1, 0.15) is 20.3 Å². The minimum absolute atomic E-state index is 0.00609. The van der Waals surface area contributed by atoms with Gasteiger partial charge in [0.25, 0.3) is 10.0 Å². The van der Waals surface area contributed by atoms with Crippen LogP contribution in [-0.4, -0.2) is 19.5 Å². The van der Waals surface area contributed by atoms with Gasteiger partial charge in [0.15, 0.2) is 0 Å². The molecule has 2 N–H and O–H groups in total. The predicted octanol–water partition coefficient (Wildman–Crippen LogP) is 3.25. The molecular weight excluding hydrogens is 378 g/mol. The lowest BCUT2D eigenvalue weighted by molar-refractivity contribution is -0.120. The fraction of sp³-hybridized carbons (Fsp3) is 0.250. The highest BCUT2D eigenvalue weighted by Crippen LogP contribution is 2.28. The summed E-state index contributed by atoms with van der Waals surface area (Å²) in [5.74, 6) is -0.0203. The number of carbonyl (C=O) groups is 1. The van der Waals surface area contributed by atoms with Crippen molar-refractivity contribution in [1.29, 1.82) is 0 Å². The van der Waals surface area contributed by atoms with Gasteiger partial charge in [0.2, 0.25) is 5.91 Å². The fourth-order valence-corrected chi connectivity index (χ4v) is 4.23. The number of aliphatic imine (C=N–C) groups is 1. The van der Waals surface area contributed by atoms with Crippen LogP contribution in [0, 0.1) is 5.92 Å². The van der Waals surface area contributed by atoms with E-state index in [1.54, 1.807) is 35.7 Å². The Bertz CT molecular complexity index is 860. The molecule has 0 aliphatic carbocycles. The molecule has 0 aliphatic rings. The van der Waals surface area contributed by atoms with Gasteiger partial charge in [0.1, 0.15) is 4.21 Å². The van der Waals surface area contributed by atoms with Crippen LogP contribution in [0.15, 0.2) is 51.0 Å². The van der Waals surface area contributed by atoms with E-state index in [2.05, 4.69) is 15.0 Å². The van der Waals surface area contributed by atoms with E-state index in [9.17, 15) is 13.2 Å². The molecule has 2 rings (SSSR count). The number of sulfonamides is 1. The number of nitrogens with one attached hydrogen (secondary N) is 2. The molecule has 0 atom stereocenters. The molecule has 1 heterocycles. The van der Waals surface area contributed by atoms with Crippen LogP contribution in [-0.2, 0) is 27.4 Å². The molecule has 0 saturated heterocycles. The number of amides is 1. The van der Waals surface area contributed by atoms with Crippen molar-refractivity contribution in [3.8, 4) is 0 Å². The molecule has 134 valence electrons. The van der Waals surface area contributed by atoms with Gasteiger partial charge < -0.3 is 17.9 Å². The van der Waals surface area contributed by atoms with Crippen LogP contribution >= 0.6 is 11.3 Å². The van der Waals surface area contributed by atoms with Gasteiger partial charge in [0.05, 0.1) is 11.4 Å². The molecular formula is C16H18N3O3S3-. The van der Waals surface area contributed by atoms with E-state index in [1.807, 2.05) is 13.8 Å². The van der Waals surface area contributed by atoms with Crippen molar-refractivity contribution in [3.63, 3.8) is 0 Å². The zero-order chi connectivity index (χ0) is 18.4. The lowest BCUT2D eigenvalue weighted by Gasteiger charge is -2.15. The number of benzene rings is 1. The summed E-state index contributed by atoms with van der Waals surface area (Å²) in [5, 5.41) is 4.21. The van der Waals surface area contributed by atoms with Crippen molar-refractivity contribution in [3.05, 3.63) is 41.8 Å². The number of thiophene rings is 1. The first-order valence-electron chi connectivity index (χ1n) is 7.49. The first kappa shape index (κ1) is 19.4. The number of anilines is 1. The Labute approximate surface area is 156 Å². The summed E-state index contributed by atoms with van der Waals surface area (Å²) in [6, 6.07) is 9.78. The molecule has 1 aromatic heterocycles. The first-order valence-corrected chi connectivity index (χ1v) is 10.3. The van der Waals surface area contributed by atoms with E-state index in [0.29, 0.717) is 12.1 Å². The van der Waals surface area contributed by atoms with Gasteiger partial charge in [-0.2, -0.15) is 0 Å². The van der Waals surface area contributed by atoms with Crippen molar-refractivity contribution < 1.29 is 13.2 Å². The van der Waals surface area contributed by atoms with Crippen LogP contribution in [0.3, 0.4) is 0 Å². The van der Waals surface area contributed by atoms with Crippen molar-refractivity contribution in [2.24, 2.45) is 10.9 Å². The zero-order valence-corrected chi connectivity index (χ0v) is 16.2. The van der Waals surface area contributed by atoms with Crippen molar-refractivity contribution in [2.45, 2.75) is 24.5 Å². The maximum atomic E-state index is 12.4. The Morgan fingerprint density at radius 3 is 2.60 bits per heavy atom. The summed E-state index contributed by atoms with van der Waals surface area (Å²) in [7, 11) is -3.69. The Kier molecular flexibility index (Phi) is 6.51. The van der Waals surface area contributed by atoms with Gasteiger partial charge in [0, 0.05) is 6.42 Å². The number of nitrogens with zero attached hydrogens (tertiary/aromatic N) is 1. The largest absolute Gasteiger partial charge is 0.742 e. The second kappa shape index (κ2) is 8.41. The molecule has 1 amide bonds. The Morgan fingerprint density at radius 1 is 1.24 bits per heavy atom. The third kappa shape index (κ3) is 5.80. The molecule has 0 spiro atoms. The summed E-state index contributed by atoms with van der Waals surface area (Å²) < 4.78 is 27.4. The van der Waals surface area contributed by atoms with Crippen LogP contribution in [0.4, 0.5) is 11.4 Å². The maximum absolute atomic E-state index is 12.4. The predicted molar refractivity (Wildman–Crippen MR) is 104 cm³/mol. The number of para-hydroxylation sites is 2. The van der Waals surface area contributed by atoms with Gasteiger partial charge >= 0.3 is 0 Å².